The first-order valence-corrected chi connectivity index (χ1v) is 11.6. The number of benzene rings is 2. The molecule has 0 saturated heterocycles. The number of nitrogens with zero attached hydrogens (tertiary/aromatic N) is 5. The fourth-order valence-corrected chi connectivity index (χ4v) is 3.88. The molecule has 0 atom stereocenters. The summed E-state index contributed by atoms with van der Waals surface area (Å²) in [7, 11) is 9.93. The van der Waals surface area contributed by atoms with Crippen LogP contribution < -0.4 is 10.1 Å². The number of carbonyl (C=O) groups excluding carboxylic acids is 1. The second-order valence-electron chi connectivity index (χ2n) is 8.94. The van der Waals surface area contributed by atoms with Crippen LogP contribution >= 0.6 is 0 Å². The fourth-order valence-electron chi connectivity index (χ4n) is 3.88. The molecule has 2 aromatic heterocycles. The van der Waals surface area contributed by atoms with E-state index >= 15 is 0 Å². The quantitative estimate of drug-likeness (QED) is 0.400. The number of ether oxygens (including phenoxy) is 1. The van der Waals surface area contributed by atoms with Gasteiger partial charge in [-0.05, 0) is 44.9 Å². The van der Waals surface area contributed by atoms with Crippen molar-refractivity contribution >= 4 is 16.9 Å². The van der Waals surface area contributed by atoms with E-state index in [1.165, 1.54) is 5.56 Å². The molecular weight excluding hydrogens is 440 g/mol. The van der Waals surface area contributed by atoms with Gasteiger partial charge in [0.2, 0.25) is 0 Å². The van der Waals surface area contributed by atoms with E-state index in [1.54, 1.807) is 25.4 Å². The molecule has 35 heavy (non-hydrogen) atoms. The number of fused-ring (bicyclic) bond motifs is 1. The minimum Gasteiger partial charge on any atom is -0.457 e. The van der Waals surface area contributed by atoms with E-state index < -0.39 is 0 Å². The summed E-state index contributed by atoms with van der Waals surface area (Å²) < 4.78 is 8.08. The van der Waals surface area contributed by atoms with Gasteiger partial charge in [0, 0.05) is 57.6 Å². The summed E-state index contributed by atoms with van der Waals surface area (Å²) >= 11 is 0. The summed E-state index contributed by atoms with van der Waals surface area (Å²) in [5, 5.41) is 2.57. The van der Waals surface area contributed by atoms with Crippen molar-refractivity contribution in [1.82, 2.24) is 29.7 Å². The SMILES string of the molecule is CNC(=O)c1cc(Oc2ccc3c(c2)nc(-c2ccc(CN(C)CCN(C)C)cc2)n3C)ccn1. The van der Waals surface area contributed by atoms with Crippen LogP contribution in [0.1, 0.15) is 16.1 Å². The Kier molecular flexibility index (Phi) is 7.43. The van der Waals surface area contributed by atoms with Crippen molar-refractivity contribution in [2.45, 2.75) is 6.54 Å². The normalized spacial score (nSPS) is 11.4. The molecule has 0 bridgehead atoms. The van der Waals surface area contributed by atoms with Gasteiger partial charge in [0.25, 0.3) is 5.91 Å². The molecule has 1 amide bonds. The van der Waals surface area contributed by atoms with Crippen molar-refractivity contribution in [3.05, 3.63) is 72.1 Å². The number of pyridine rings is 1. The molecule has 0 aliphatic heterocycles. The number of aryl methyl sites for hydroxylation is 1. The molecule has 2 heterocycles. The molecule has 0 unspecified atom stereocenters. The Hall–Kier alpha value is -3.75. The first kappa shape index (κ1) is 24.4. The Bertz CT molecular complexity index is 1310. The molecule has 8 heteroatoms. The van der Waals surface area contributed by atoms with Crippen LogP contribution in [0.5, 0.6) is 11.5 Å². The minimum absolute atomic E-state index is 0.258. The van der Waals surface area contributed by atoms with Gasteiger partial charge in [-0.3, -0.25) is 9.78 Å². The Balaban J connectivity index is 1.51. The number of carbonyl (C=O) groups is 1. The highest BCUT2D eigenvalue weighted by Crippen LogP contribution is 2.29. The van der Waals surface area contributed by atoms with E-state index in [-0.39, 0.29) is 5.91 Å². The van der Waals surface area contributed by atoms with Crippen LogP contribution in [0.25, 0.3) is 22.4 Å². The lowest BCUT2D eigenvalue weighted by molar-refractivity contribution is 0.0958. The molecule has 182 valence electrons. The largest absolute Gasteiger partial charge is 0.457 e. The molecule has 0 spiro atoms. The maximum Gasteiger partial charge on any atom is 0.269 e. The summed E-state index contributed by atoms with van der Waals surface area (Å²) in [6.45, 7) is 2.97. The van der Waals surface area contributed by atoms with Gasteiger partial charge in [-0.15, -0.1) is 0 Å². The average Bonchev–Trinajstić information content (AvgIpc) is 3.18. The van der Waals surface area contributed by atoms with E-state index in [0.29, 0.717) is 17.2 Å². The lowest BCUT2D eigenvalue weighted by atomic mass is 10.1. The van der Waals surface area contributed by atoms with Gasteiger partial charge in [-0.1, -0.05) is 24.3 Å². The number of hydrogen-bond donors (Lipinski definition) is 1. The summed E-state index contributed by atoms with van der Waals surface area (Å²) in [4.78, 5) is 25.3. The summed E-state index contributed by atoms with van der Waals surface area (Å²) in [5.74, 6) is 1.83. The van der Waals surface area contributed by atoms with Crippen molar-refractivity contribution in [3.63, 3.8) is 0 Å². The van der Waals surface area contributed by atoms with Crippen LogP contribution in [0.2, 0.25) is 0 Å². The van der Waals surface area contributed by atoms with Gasteiger partial charge >= 0.3 is 0 Å². The van der Waals surface area contributed by atoms with Crippen molar-refractivity contribution in [3.8, 4) is 22.9 Å². The average molecular weight is 473 g/mol. The number of aromatic nitrogens is 3. The molecule has 2 aromatic carbocycles. The number of rotatable bonds is 9. The van der Waals surface area contributed by atoms with Crippen LogP contribution in [-0.4, -0.2) is 71.5 Å². The summed E-state index contributed by atoms with van der Waals surface area (Å²) in [6, 6.07) is 17.7. The Labute approximate surface area is 206 Å². The number of hydrogen-bond acceptors (Lipinski definition) is 6. The molecule has 0 radical (unpaired) electrons. The Morgan fingerprint density at radius 1 is 1.00 bits per heavy atom. The zero-order chi connectivity index (χ0) is 24.9. The fraction of sp³-hybridized carbons (Fsp3) is 0.296. The predicted octanol–water partition coefficient (Wildman–Crippen LogP) is 3.78. The molecule has 1 N–H and O–H groups in total. The Morgan fingerprint density at radius 2 is 1.74 bits per heavy atom. The lowest BCUT2D eigenvalue weighted by Crippen LogP contribution is -2.28. The van der Waals surface area contributed by atoms with Crippen LogP contribution in [0.15, 0.2) is 60.8 Å². The second kappa shape index (κ2) is 10.7. The van der Waals surface area contributed by atoms with E-state index in [2.05, 4.69) is 70.1 Å². The lowest BCUT2D eigenvalue weighted by Gasteiger charge is -2.19. The standard InChI is InChI=1S/C27H32N6O2/c1-28-27(34)24-17-22(12-13-29-24)35-21-10-11-25-23(16-21)30-26(33(25)5)20-8-6-19(7-9-20)18-32(4)15-14-31(2)3/h6-13,16-17H,14-15,18H2,1-5H3,(H,28,34). The highest BCUT2D eigenvalue weighted by Gasteiger charge is 2.12. The second-order valence-corrected chi connectivity index (χ2v) is 8.94. The van der Waals surface area contributed by atoms with Gasteiger partial charge in [0.15, 0.2) is 0 Å². The first-order chi connectivity index (χ1) is 16.8. The third kappa shape index (κ3) is 5.85. The van der Waals surface area contributed by atoms with Gasteiger partial charge in [0.1, 0.15) is 23.0 Å². The third-order valence-electron chi connectivity index (χ3n) is 5.87. The molecule has 0 aliphatic carbocycles. The van der Waals surface area contributed by atoms with Crippen LogP contribution in [-0.2, 0) is 13.6 Å². The monoisotopic (exact) mass is 472 g/mol. The van der Waals surface area contributed by atoms with Crippen molar-refractivity contribution in [1.29, 1.82) is 0 Å². The summed E-state index contributed by atoms with van der Waals surface area (Å²) in [6.07, 6.45) is 1.56. The maximum atomic E-state index is 11.8. The predicted molar refractivity (Wildman–Crippen MR) is 139 cm³/mol. The third-order valence-corrected chi connectivity index (χ3v) is 5.87. The minimum atomic E-state index is -0.258. The molecule has 0 aliphatic rings. The highest BCUT2D eigenvalue weighted by molar-refractivity contribution is 5.92. The van der Waals surface area contributed by atoms with Crippen LogP contribution in [0.4, 0.5) is 0 Å². The molecule has 8 nitrogen and oxygen atoms in total. The van der Waals surface area contributed by atoms with Crippen LogP contribution in [0.3, 0.4) is 0 Å². The van der Waals surface area contributed by atoms with E-state index in [9.17, 15) is 4.79 Å². The van der Waals surface area contributed by atoms with E-state index in [4.69, 9.17) is 9.72 Å². The van der Waals surface area contributed by atoms with Gasteiger partial charge < -0.3 is 24.4 Å². The zero-order valence-electron chi connectivity index (χ0n) is 20.9. The maximum absolute atomic E-state index is 11.8. The first-order valence-electron chi connectivity index (χ1n) is 11.6. The van der Waals surface area contributed by atoms with Crippen LogP contribution in [0, 0.1) is 0 Å². The summed E-state index contributed by atoms with van der Waals surface area (Å²) in [5.41, 5.74) is 4.50. The van der Waals surface area contributed by atoms with Gasteiger partial charge in [-0.2, -0.15) is 0 Å². The van der Waals surface area contributed by atoms with E-state index in [1.807, 2.05) is 25.2 Å². The number of likely N-dealkylation sites (N-methyl/N-ethyl adjacent to an activating group) is 2. The van der Waals surface area contributed by atoms with Gasteiger partial charge in [0.05, 0.1) is 11.0 Å². The van der Waals surface area contributed by atoms with Crippen molar-refractivity contribution in [2.75, 3.05) is 41.3 Å². The number of amides is 1. The van der Waals surface area contributed by atoms with Crippen molar-refractivity contribution in [2.24, 2.45) is 7.05 Å². The van der Waals surface area contributed by atoms with E-state index in [0.717, 1.165) is 42.1 Å². The number of nitrogens with one attached hydrogen (secondary N) is 1. The molecule has 4 aromatic rings. The Morgan fingerprint density at radius 3 is 2.46 bits per heavy atom. The molecule has 0 fully saturated rings. The molecule has 4 rings (SSSR count). The molecular formula is C27H32N6O2. The topological polar surface area (TPSA) is 75.5 Å². The van der Waals surface area contributed by atoms with Gasteiger partial charge in [-0.25, -0.2) is 4.98 Å². The number of imidazole rings is 1. The smallest absolute Gasteiger partial charge is 0.269 e. The highest BCUT2D eigenvalue weighted by atomic mass is 16.5. The molecule has 0 saturated carbocycles. The zero-order valence-corrected chi connectivity index (χ0v) is 20.9. The van der Waals surface area contributed by atoms with Crippen molar-refractivity contribution < 1.29 is 9.53 Å².